The van der Waals surface area contributed by atoms with Gasteiger partial charge in [-0.05, 0) is 24.1 Å². The van der Waals surface area contributed by atoms with E-state index in [-0.39, 0.29) is 6.54 Å². The highest BCUT2D eigenvalue weighted by molar-refractivity contribution is 7.92. The maximum atomic E-state index is 12.1. The number of anilines is 1. The first-order chi connectivity index (χ1) is 11.9. The SMILES string of the molecule is CCc1ccccc1N(CC(=O)N/N=C\c1cccnc1)S(C)(=O)=O. The lowest BCUT2D eigenvalue weighted by molar-refractivity contribution is -0.119. The average Bonchev–Trinajstić information content (AvgIpc) is 2.59. The fraction of sp³-hybridized carbons (Fsp3) is 0.235. The molecule has 2 rings (SSSR count). The predicted molar refractivity (Wildman–Crippen MR) is 98.0 cm³/mol. The fourth-order valence-corrected chi connectivity index (χ4v) is 3.12. The number of pyridine rings is 1. The number of hydrogen-bond donors (Lipinski definition) is 1. The van der Waals surface area contributed by atoms with Crippen LogP contribution in [0.4, 0.5) is 5.69 Å². The van der Waals surface area contributed by atoms with Gasteiger partial charge in [0.15, 0.2) is 0 Å². The summed E-state index contributed by atoms with van der Waals surface area (Å²) in [6, 6.07) is 10.6. The zero-order chi connectivity index (χ0) is 18.3. The number of hydrogen-bond acceptors (Lipinski definition) is 5. The third-order valence-electron chi connectivity index (χ3n) is 3.42. The van der Waals surface area contributed by atoms with Gasteiger partial charge in [0.2, 0.25) is 10.0 Å². The van der Waals surface area contributed by atoms with Crippen molar-refractivity contribution in [1.29, 1.82) is 0 Å². The Labute approximate surface area is 147 Å². The van der Waals surface area contributed by atoms with Crippen molar-refractivity contribution in [3.63, 3.8) is 0 Å². The lowest BCUT2D eigenvalue weighted by atomic mass is 10.1. The Morgan fingerprint density at radius 1 is 1.28 bits per heavy atom. The Hall–Kier alpha value is -2.74. The van der Waals surface area contributed by atoms with E-state index in [0.717, 1.165) is 21.7 Å². The summed E-state index contributed by atoms with van der Waals surface area (Å²) in [6.07, 6.45) is 6.39. The van der Waals surface area contributed by atoms with Gasteiger partial charge in [-0.25, -0.2) is 13.8 Å². The molecule has 1 aromatic carbocycles. The monoisotopic (exact) mass is 360 g/mol. The minimum Gasteiger partial charge on any atom is -0.271 e. The van der Waals surface area contributed by atoms with Crippen LogP contribution in [0.15, 0.2) is 53.9 Å². The number of benzene rings is 1. The first kappa shape index (κ1) is 18.6. The van der Waals surface area contributed by atoms with Crippen molar-refractivity contribution in [1.82, 2.24) is 10.4 Å². The van der Waals surface area contributed by atoms with Crippen molar-refractivity contribution in [3.8, 4) is 0 Å². The van der Waals surface area contributed by atoms with Crippen LogP contribution in [0.5, 0.6) is 0 Å². The van der Waals surface area contributed by atoms with Gasteiger partial charge < -0.3 is 0 Å². The molecular formula is C17H20N4O3S. The third kappa shape index (κ3) is 5.39. The topological polar surface area (TPSA) is 91.7 Å². The number of para-hydroxylation sites is 1. The molecule has 1 aromatic heterocycles. The molecule has 0 unspecified atom stereocenters. The molecule has 0 aliphatic rings. The van der Waals surface area contributed by atoms with Gasteiger partial charge in [-0.15, -0.1) is 0 Å². The number of aromatic nitrogens is 1. The highest BCUT2D eigenvalue weighted by Crippen LogP contribution is 2.23. The van der Waals surface area contributed by atoms with Gasteiger partial charge in [0, 0.05) is 18.0 Å². The molecule has 1 amide bonds. The smallest absolute Gasteiger partial charge is 0.260 e. The second-order valence-corrected chi connectivity index (χ2v) is 7.24. The number of rotatable bonds is 7. The van der Waals surface area contributed by atoms with E-state index in [2.05, 4.69) is 15.5 Å². The van der Waals surface area contributed by atoms with Crippen LogP contribution in [0.1, 0.15) is 18.1 Å². The van der Waals surface area contributed by atoms with Crippen LogP contribution in [0.3, 0.4) is 0 Å². The first-order valence-electron chi connectivity index (χ1n) is 7.69. The standard InChI is InChI=1S/C17H20N4O3S/c1-3-15-8-4-5-9-16(15)21(25(2,23)24)13-17(22)20-19-12-14-7-6-10-18-11-14/h4-12H,3,13H2,1-2H3,(H,20,22)/b19-12-. The summed E-state index contributed by atoms with van der Waals surface area (Å²) in [5, 5.41) is 3.83. The molecule has 0 aliphatic heterocycles. The van der Waals surface area contributed by atoms with E-state index < -0.39 is 15.9 Å². The van der Waals surface area contributed by atoms with E-state index in [0.29, 0.717) is 12.1 Å². The molecule has 132 valence electrons. The molecule has 0 saturated heterocycles. The summed E-state index contributed by atoms with van der Waals surface area (Å²) in [5.74, 6) is -0.531. The van der Waals surface area contributed by atoms with Crippen LogP contribution in [-0.4, -0.2) is 38.3 Å². The summed E-state index contributed by atoms with van der Waals surface area (Å²) in [4.78, 5) is 16.0. The summed E-state index contributed by atoms with van der Waals surface area (Å²) in [7, 11) is -3.61. The molecule has 2 aromatic rings. The van der Waals surface area contributed by atoms with Gasteiger partial charge in [0.1, 0.15) is 6.54 Å². The van der Waals surface area contributed by atoms with E-state index >= 15 is 0 Å². The normalized spacial score (nSPS) is 11.4. The van der Waals surface area contributed by atoms with Crippen LogP contribution in [-0.2, 0) is 21.2 Å². The molecule has 0 spiro atoms. The number of nitrogens with zero attached hydrogens (tertiary/aromatic N) is 3. The first-order valence-corrected chi connectivity index (χ1v) is 9.54. The van der Waals surface area contributed by atoms with Gasteiger partial charge in [0.05, 0.1) is 18.2 Å². The van der Waals surface area contributed by atoms with E-state index in [4.69, 9.17) is 0 Å². The Balaban J connectivity index is 2.12. The second-order valence-electron chi connectivity index (χ2n) is 5.33. The van der Waals surface area contributed by atoms with Crippen molar-refractivity contribution < 1.29 is 13.2 Å². The van der Waals surface area contributed by atoms with Crippen molar-refractivity contribution in [3.05, 3.63) is 59.9 Å². The number of sulfonamides is 1. The van der Waals surface area contributed by atoms with Gasteiger partial charge in [0.25, 0.3) is 5.91 Å². The molecular weight excluding hydrogens is 340 g/mol. The van der Waals surface area contributed by atoms with Gasteiger partial charge in [-0.2, -0.15) is 5.10 Å². The molecule has 0 aliphatic carbocycles. The fourth-order valence-electron chi connectivity index (χ4n) is 2.23. The van der Waals surface area contributed by atoms with E-state index in [9.17, 15) is 13.2 Å². The van der Waals surface area contributed by atoms with Crippen LogP contribution in [0.25, 0.3) is 0 Å². The van der Waals surface area contributed by atoms with Gasteiger partial charge in [-0.3, -0.25) is 14.1 Å². The Kier molecular flexibility index (Phi) is 6.24. The number of amides is 1. The van der Waals surface area contributed by atoms with E-state index in [1.54, 1.807) is 36.7 Å². The second kappa shape index (κ2) is 8.39. The minimum atomic E-state index is -3.61. The van der Waals surface area contributed by atoms with Gasteiger partial charge in [-0.1, -0.05) is 31.2 Å². The minimum absolute atomic E-state index is 0.347. The molecule has 7 nitrogen and oxygen atoms in total. The average molecular weight is 360 g/mol. The number of aryl methyl sites for hydroxylation is 1. The number of carbonyl (C=O) groups is 1. The van der Waals surface area contributed by atoms with Crippen LogP contribution >= 0.6 is 0 Å². The highest BCUT2D eigenvalue weighted by atomic mass is 32.2. The Morgan fingerprint density at radius 2 is 2.04 bits per heavy atom. The summed E-state index contributed by atoms with van der Waals surface area (Å²) >= 11 is 0. The molecule has 1 N–H and O–H groups in total. The zero-order valence-electron chi connectivity index (χ0n) is 14.1. The zero-order valence-corrected chi connectivity index (χ0v) is 14.9. The lowest BCUT2D eigenvalue weighted by Gasteiger charge is -2.23. The van der Waals surface area contributed by atoms with Crippen molar-refractivity contribution >= 4 is 27.8 Å². The molecule has 0 saturated carbocycles. The quantitative estimate of drug-likeness (QED) is 0.599. The molecule has 8 heteroatoms. The maximum absolute atomic E-state index is 12.1. The Morgan fingerprint density at radius 3 is 2.68 bits per heavy atom. The third-order valence-corrected chi connectivity index (χ3v) is 4.54. The molecule has 0 bridgehead atoms. The maximum Gasteiger partial charge on any atom is 0.260 e. The molecule has 0 fully saturated rings. The van der Waals surface area contributed by atoms with Crippen LogP contribution in [0.2, 0.25) is 0 Å². The molecule has 25 heavy (non-hydrogen) atoms. The summed E-state index contributed by atoms with van der Waals surface area (Å²) in [6.45, 7) is 1.58. The summed E-state index contributed by atoms with van der Waals surface area (Å²) in [5.41, 5.74) is 4.40. The van der Waals surface area contributed by atoms with Crippen LogP contribution in [0, 0.1) is 0 Å². The molecule has 1 heterocycles. The van der Waals surface area contributed by atoms with E-state index in [1.807, 2.05) is 19.1 Å². The van der Waals surface area contributed by atoms with Crippen molar-refractivity contribution in [2.45, 2.75) is 13.3 Å². The highest BCUT2D eigenvalue weighted by Gasteiger charge is 2.22. The lowest BCUT2D eigenvalue weighted by Crippen LogP contribution is -2.39. The van der Waals surface area contributed by atoms with E-state index in [1.165, 1.54) is 6.21 Å². The van der Waals surface area contributed by atoms with Crippen molar-refractivity contribution in [2.24, 2.45) is 5.10 Å². The number of carbonyl (C=O) groups excluding carboxylic acids is 1. The Bertz CT molecular complexity index is 851. The molecule has 0 atom stereocenters. The van der Waals surface area contributed by atoms with Crippen LogP contribution < -0.4 is 9.73 Å². The largest absolute Gasteiger partial charge is 0.271 e. The summed E-state index contributed by atoms with van der Waals surface area (Å²) < 4.78 is 25.3. The van der Waals surface area contributed by atoms with Crippen molar-refractivity contribution in [2.75, 3.05) is 17.1 Å². The predicted octanol–water partition coefficient (Wildman–Crippen LogP) is 1.56. The number of hydrazone groups is 1. The van der Waals surface area contributed by atoms with Gasteiger partial charge >= 0.3 is 0 Å². The molecule has 0 radical (unpaired) electrons. The number of nitrogens with one attached hydrogen (secondary N) is 1.